The molecule has 0 atom stereocenters. The monoisotopic (exact) mass is 393 g/mol. The second-order valence-corrected chi connectivity index (χ2v) is 7.35. The van der Waals surface area contributed by atoms with Gasteiger partial charge in [0.1, 0.15) is 11.5 Å². The zero-order valence-electron chi connectivity index (χ0n) is 14.6. The molecule has 4 rings (SSSR count). The molecule has 134 valence electrons. The number of aromatic amines is 1. The van der Waals surface area contributed by atoms with E-state index in [1.807, 2.05) is 55.6 Å². The Bertz CT molecular complexity index is 1090. The Morgan fingerprint density at radius 1 is 1.15 bits per heavy atom. The maximum absolute atomic E-state index is 12.2. The van der Waals surface area contributed by atoms with Gasteiger partial charge in [-0.2, -0.15) is 0 Å². The first kappa shape index (κ1) is 17.6. The van der Waals surface area contributed by atoms with Gasteiger partial charge >= 0.3 is 0 Å². The van der Waals surface area contributed by atoms with Crippen molar-refractivity contribution in [3.8, 4) is 22.6 Å². The van der Waals surface area contributed by atoms with Crippen molar-refractivity contribution in [1.82, 2.24) is 15.0 Å². The van der Waals surface area contributed by atoms with Gasteiger partial charge in [0, 0.05) is 22.4 Å². The fourth-order valence-electron chi connectivity index (χ4n) is 2.90. The molecule has 0 saturated heterocycles. The van der Waals surface area contributed by atoms with Crippen molar-refractivity contribution >= 4 is 28.7 Å². The minimum atomic E-state index is 0.0317. The van der Waals surface area contributed by atoms with Crippen LogP contribution < -0.4 is 0 Å². The predicted octanol–water partition coefficient (Wildman–Crippen LogP) is 5.59. The maximum atomic E-state index is 12.2. The Morgan fingerprint density at radius 2 is 1.96 bits per heavy atom. The summed E-state index contributed by atoms with van der Waals surface area (Å²) in [6, 6.07) is 13.7. The average Bonchev–Trinajstić information content (AvgIpc) is 3.36. The zero-order valence-corrected chi connectivity index (χ0v) is 16.1. The van der Waals surface area contributed by atoms with Crippen LogP contribution in [0.2, 0.25) is 5.02 Å². The highest BCUT2D eigenvalue weighted by molar-refractivity contribution is 7.07. The fourth-order valence-corrected chi connectivity index (χ4v) is 3.63. The molecule has 0 aliphatic heterocycles. The van der Waals surface area contributed by atoms with Gasteiger partial charge in [-0.05, 0) is 29.7 Å². The Labute approximate surface area is 165 Å². The third kappa shape index (κ3) is 3.70. The standard InChI is InChI=1S/C21H16ClN3OS/c1-13-16(3-2-4-17(13)22)21-23-10-18(25-21)15-7-5-14(6-8-15)9-20(26)19-11-27-12-24-19/h2-8,10-12H,9H2,1H3,(H,23,25). The number of H-pyrrole nitrogens is 1. The summed E-state index contributed by atoms with van der Waals surface area (Å²) in [7, 11) is 0. The molecular weight excluding hydrogens is 378 g/mol. The van der Waals surface area contributed by atoms with E-state index < -0.39 is 0 Å². The Kier molecular flexibility index (Phi) is 4.88. The molecule has 0 radical (unpaired) electrons. The topological polar surface area (TPSA) is 58.6 Å². The van der Waals surface area contributed by atoms with E-state index in [2.05, 4.69) is 15.0 Å². The smallest absolute Gasteiger partial charge is 0.186 e. The fraction of sp³-hybridized carbons (Fsp3) is 0.0952. The predicted molar refractivity (Wildman–Crippen MR) is 109 cm³/mol. The van der Waals surface area contributed by atoms with E-state index in [1.165, 1.54) is 11.3 Å². The zero-order chi connectivity index (χ0) is 18.8. The van der Waals surface area contributed by atoms with Crippen molar-refractivity contribution in [2.24, 2.45) is 0 Å². The second-order valence-electron chi connectivity index (χ2n) is 6.23. The van der Waals surface area contributed by atoms with Gasteiger partial charge in [0.05, 0.1) is 17.4 Å². The van der Waals surface area contributed by atoms with Gasteiger partial charge in [-0.25, -0.2) is 9.97 Å². The molecule has 2 heterocycles. The number of aromatic nitrogens is 3. The highest BCUT2D eigenvalue weighted by Crippen LogP contribution is 2.28. The first-order valence-electron chi connectivity index (χ1n) is 8.43. The molecule has 0 aliphatic carbocycles. The van der Waals surface area contributed by atoms with Crippen LogP contribution >= 0.6 is 22.9 Å². The molecule has 4 aromatic rings. The van der Waals surface area contributed by atoms with E-state index >= 15 is 0 Å². The van der Waals surface area contributed by atoms with Gasteiger partial charge < -0.3 is 4.98 Å². The number of nitrogens with one attached hydrogen (secondary N) is 1. The van der Waals surface area contributed by atoms with E-state index in [4.69, 9.17) is 11.6 Å². The van der Waals surface area contributed by atoms with Crippen LogP contribution in [-0.2, 0) is 6.42 Å². The third-order valence-electron chi connectivity index (χ3n) is 4.45. The summed E-state index contributed by atoms with van der Waals surface area (Å²) < 4.78 is 0. The molecule has 0 spiro atoms. The van der Waals surface area contributed by atoms with E-state index in [-0.39, 0.29) is 5.78 Å². The Morgan fingerprint density at radius 3 is 2.70 bits per heavy atom. The van der Waals surface area contributed by atoms with Crippen LogP contribution in [0.3, 0.4) is 0 Å². The number of benzene rings is 2. The van der Waals surface area contributed by atoms with E-state index in [1.54, 1.807) is 10.9 Å². The molecule has 6 heteroatoms. The average molecular weight is 394 g/mol. The quantitative estimate of drug-likeness (QED) is 0.450. The van der Waals surface area contributed by atoms with Crippen molar-refractivity contribution < 1.29 is 4.79 Å². The van der Waals surface area contributed by atoms with Gasteiger partial charge in [-0.3, -0.25) is 4.79 Å². The first-order valence-corrected chi connectivity index (χ1v) is 9.75. The first-order chi connectivity index (χ1) is 13.1. The molecule has 2 aromatic heterocycles. The number of Topliss-reactive ketones (excluding diaryl/α,β-unsaturated/α-hetero) is 1. The SMILES string of the molecule is Cc1c(Cl)cccc1-c1ncc(-c2ccc(CC(=O)c3cscn3)cc2)[nH]1. The summed E-state index contributed by atoms with van der Waals surface area (Å²) in [5, 5.41) is 2.50. The van der Waals surface area contributed by atoms with Crippen LogP contribution in [0.25, 0.3) is 22.6 Å². The molecular formula is C21H16ClN3OS. The summed E-state index contributed by atoms with van der Waals surface area (Å²) in [5.41, 5.74) is 7.07. The molecule has 2 aromatic carbocycles. The lowest BCUT2D eigenvalue weighted by Crippen LogP contribution is -2.03. The molecule has 0 unspecified atom stereocenters. The van der Waals surface area contributed by atoms with Crippen molar-refractivity contribution in [2.45, 2.75) is 13.3 Å². The van der Waals surface area contributed by atoms with E-state index in [9.17, 15) is 4.79 Å². The molecule has 0 bridgehead atoms. The third-order valence-corrected chi connectivity index (χ3v) is 5.44. The number of carbonyl (C=O) groups excluding carboxylic acids is 1. The molecule has 0 fully saturated rings. The van der Waals surface area contributed by atoms with Gasteiger partial charge in [-0.15, -0.1) is 11.3 Å². The van der Waals surface area contributed by atoms with E-state index in [0.717, 1.165) is 38.8 Å². The van der Waals surface area contributed by atoms with Gasteiger partial charge in [-0.1, -0.05) is 48.0 Å². The lowest BCUT2D eigenvalue weighted by Gasteiger charge is -2.04. The maximum Gasteiger partial charge on any atom is 0.186 e. The summed E-state index contributed by atoms with van der Waals surface area (Å²) in [4.78, 5) is 24.1. The van der Waals surface area contributed by atoms with Gasteiger partial charge in [0.15, 0.2) is 5.78 Å². The highest BCUT2D eigenvalue weighted by atomic mass is 35.5. The number of rotatable bonds is 5. The normalized spacial score (nSPS) is 10.9. The van der Waals surface area contributed by atoms with Crippen LogP contribution in [0.4, 0.5) is 0 Å². The second kappa shape index (κ2) is 7.47. The van der Waals surface area contributed by atoms with Crippen molar-refractivity contribution in [1.29, 1.82) is 0 Å². The lowest BCUT2D eigenvalue weighted by atomic mass is 10.0. The van der Waals surface area contributed by atoms with Crippen molar-refractivity contribution in [2.75, 3.05) is 0 Å². The molecule has 0 aliphatic rings. The Hall–Kier alpha value is -2.76. The summed E-state index contributed by atoms with van der Waals surface area (Å²) >= 11 is 7.64. The van der Waals surface area contributed by atoms with E-state index in [0.29, 0.717) is 12.1 Å². The van der Waals surface area contributed by atoms with Crippen LogP contribution in [0.15, 0.2) is 59.6 Å². The summed E-state index contributed by atoms with van der Waals surface area (Å²) in [5.74, 6) is 0.817. The van der Waals surface area contributed by atoms with Crippen molar-refractivity contribution in [3.63, 3.8) is 0 Å². The molecule has 27 heavy (non-hydrogen) atoms. The minimum absolute atomic E-state index is 0.0317. The van der Waals surface area contributed by atoms with Gasteiger partial charge in [0.2, 0.25) is 0 Å². The number of imidazole rings is 1. The molecule has 0 saturated carbocycles. The van der Waals surface area contributed by atoms with Crippen LogP contribution in [0.1, 0.15) is 21.6 Å². The van der Waals surface area contributed by atoms with Crippen LogP contribution in [0.5, 0.6) is 0 Å². The molecule has 4 nitrogen and oxygen atoms in total. The lowest BCUT2D eigenvalue weighted by molar-refractivity contribution is 0.0989. The highest BCUT2D eigenvalue weighted by Gasteiger charge is 2.11. The van der Waals surface area contributed by atoms with Crippen LogP contribution in [0, 0.1) is 6.92 Å². The number of hydrogen-bond donors (Lipinski definition) is 1. The number of ketones is 1. The minimum Gasteiger partial charge on any atom is -0.338 e. The number of nitrogens with zero attached hydrogens (tertiary/aromatic N) is 2. The summed E-state index contributed by atoms with van der Waals surface area (Å²) in [6.45, 7) is 1.98. The number of carbonyl (C=O) groups is 1. The molecule has 1 N–H and O–H groups in total. The number of hydrogen-bond acceptors (Lipinski definition) is 4. The summed E-state index contributed by atoms with van der Waals surface area (Å²) in [6.07, 6.45) is 2.16. The number of thiazole rings is 1. The number of halogens is 1. The van der Waals surface area contributed by atoms with Gasteiger partial charge in [0.25, 0.3) is 0 Å². The molecule has 0 amide bonds. The largest absolute Gasteiger partial charge is 0.338 e. The van der Waals surface area contributed by atoms with Crippen molar-refractivity contribution in [3.05, 3.63) is 81.4 Å². The Balaban J connectivity index is 1.54. The van der Waals surface area contributed by atoms with Crippen LogP contribution in [-0.4, -0.2) is 20.7 Å².